The number of nitrogens with one attached hydrogen (secondary N) is 1. The van der Waals surface area contributed by atoms with Crippen molar-refractivity contribution in [2.24, 2.45) is 0 Å². The molecule has 3 heteroatoms. The van der Waals surface area contributed by atoms with Crippen LogP contribution in [0.1, 0.15) is 24.9 Å². The summed E-state index contributed by atoms with van der Waals surface area (Å²) >= 11 is 6.96. The Kier molecular flexibility index (Phi) is 4.42. The topological polar surface area (TPSA) is 12.0 Å². The van der Waals surface area contributed by atoms with Crippen LogP contribution in [-0.4, -0.2) is 7.05 Å². The van der Waals surface area contributed by atoms with E-state index in [1.165, 1.54) is 5.56 Å². The Morgan fingerprint density at radius 3 is 2.15 bits per heavy atom. The molecule has 0 aliphatic heterocycles. The highest BCUT2D eigenvalue weighted by atomic mass is 79.9. The summed E-state index contributed by atoms with van der Waals surface area (Å²) in [6.45, 7) is 2.18. The molecule has 1 aromatic rings. The third-order valence-electron chi connectivity index (χ3n) is 2.04. The molecular weight excluding hydrogens is 294 g/mol. The first-order valence-electron chi connectivity index (χ1n) is 4.30. The van der Waals surface area contributed by atoms with E-state index in [4.69, 9.17) is 0 Å². The van der Waals surface area contributed by atoms with Gasteiger partial charge in [0.05, 0.1) is 0 Å². The molecule has 72 valence electrons. The molecule has 0 aromatic heterocycles. The van der Waals surface area contributed by atoms with Crippen LogP contribution in [0.15, 0.2) is 27.1 Å². The van der Waals surface area contributed by atoms with Gasteiger partial charge in [-0.1, -0.05) is 38.8 Å². The monoisotopic (exact) mass is 305 g/mol. The predicted octanol–water partition coefficient (Wildman–Crippen LogP) is 3.88. The van der Waals surface area contributed by atoms with E-state index < -0.39 is 0 Å². The minimum Gasteiger partial charge on any atom is -0.313 e. The largest absolute Gasteiger partial charge is 0.313 e. The minimum atomic E-state index is 0.439. The normalized spacial score (nSPS) is 12.9. The lowest BCUT2D eigenvalue weighted by Crippen LogP contribution is -2.15. The van der Waals surface area contributed by atoms with Crippen molar-refractivity contribution in [3.8, 4) is 0 Å². The van der Waals surface area contributed by atoms with E-state index >= 15 is 0 Å². The summed E-state index contributed by atoms with van der Waals surface area (Å²) < 4.78 is 2.23. The number of rotatable bonds is 3. The lowest BCUT2D eigenvalue weighted by molar-refractivity contribution is 0.576. The average Bonchev–Trinajstić information content (AvgIpc) is 2.04. The smallest absolute Gasteiger partial charge is 0.0315 e. The summed E-state index contributed by atoms with van der Waals surface area (Å²) in [6.07, 6.45) is 1.10. The van der Waals surface area contributed by atoms with E-state index in [0.29, 0.717) is 6.04 Å². The van der Waals surface area contributed by atoms with Gasteiger partial charge in [-0.05, 0) is 37.2 Å². The van der Waals surface area contributed by atoms with Gasteiger partial charge in [-0.2, -0.15) is 0 Å². The molecule has 1 nitrogen and oxygen atoms in total. The van der Waals surface area contributed by atoms with E-state index in [2.05, 4.69) is 56.2 Å². The first-order valence-corrected chi connectivity index (χ1v) is 5.89. The molecule has 0 aliphatic carbocycles. The molecule has 0 saturated heterocycles. The fourth-order valence-electron chi connectivity index (χ4n) is 1.38. The van der Waals surface area contributed by atoms with Gasteiger partial charge in [-0.3, -0.25) is 0 Å². The predicted molar refractivity (Wildman–Crippen MR) is 63.9 cm³/mol. The summed E-state index contributed by atoms with van der Waals surface area (Å²) in [4.78, 5) is 0. The molecule has 1 unspecified atom stereocenters. The van der Waals surface area contributed by atoms with Gasteiger partial charge in [0.1, 0.15) is 0 Å². The highest BCUT2D eigenvalue weighted by molar-refractivity contribution is 9.11. The van der Waals surface area contributed by atoms with Crippen molar-refractivity contribution in [3.05, 3.63) is 32.7 Å². The molecule has 0 saturated carbocycles. The average molecular weight is 307 g/mol. The van der Waals surface area contributed by atoms with Gasteiger partial charge < -0.3 is 5.32 Å². The third kappa shape index (κ3) is 3.08. The summed E-state index contributed by atoms with van der Waals surface area (Å²) in [5.74, 6) is 0. The Bertz CT molecular complexity index is 262. The van der Waals surface area contributed by atoms with Crippen LogP contribution >= 0.6 is 31.9 Å². The molecule has 1 rings (SSSR count). The van der Waals surface area contributed by atoms with Crippen molar-refractivity contribution in [2.75, 3.05) is 7.05 Å². The first-order chi connectivity index (χ1) is 6.17. The second-order valence-electron chi connectivity index (χ2n) is 2.95. The minimum absolute atomic E-state index is 0.439. The molecule has 13 heavy (non-hydrogen) atoms. The molecule has 0 heterocycles. The van der Waals surface area contributed by atoms with Gasteiger partial charge in [0, 0.05) is 15.0 Å². The molecule has 1 N–H and O–H groups in total. The fraction of sp³-hybridized carbons (Fsp3) is 0.400. The quantitative estimate of drug-likeness (QED) is 0.893. The fourth-order valence-corrected chi connectivity index (χ4v) is 2.71. The molecule has 1 aromatic carbocycles. The maximum absolute atomic E-state index is 3.48. The number of hydrogen-bond donors (Lipinski definition) is 1. The number of hydrogen-bond acceptors (Lipinski definition) is 1. The van der Waals surface area contributed by atoms with E-state index in [1.54, 1.807) is 0 Å². The molecule has 0 bridgehead atoms. The second-order valence-corrected chi connectivity index (χ2v) is 4.78. The highest BCUT2D eigenvalue weighted by Gasteiger charge is 2.07. The van der Waals surface area contributed by atoms with Crippen molar-refractivity contribution >= 4 is 31.9 Å². The Morgan fingerprint density at radius 2 is 1.77 bits per heavy atom. The molecule has 0 fully saturated rings. The van der Waals surface area contributed by atoms with Gasteiger partial charge in [0.15, 0.2) is 0 Å². The summed E-state index contributed by atoms with van der Waals surface area (Å²) in [5.41, 5.74) is 1.31. The van der Waals surface area contributed by atoms with Crippen LogP contribution in [0.4, 0.5) is 0 Å². The standard InChI is InChI=1S/C10H13Br2N/c1-3-10(13-2)7-4-8(11)6-9(12)5-7/h4-6,10,13H,3H2,1-2H3. The third-order valence-corrected chi connectivity index (χ3v) is 2.96. The van der Waals surface area contributed by atoms with Crippen LogP contribution in [0.3, 0.4) is 0 Å². The summed E-state index contributed by atoms with van der Waals surface area (Å²) in [7, 11) is 1.99. The van der Waals surface area contributed by atoms with E-state index in [-0.39, 0.29) is 0 Å². The van der Waals surface area contributed by atoms with Crippen molar-refractivity contribution in [3.63, 3.8) is 0 Å². The molecule has 0 radical (unpaired) electrons. The second kappa shape index (κ2) is 5.13. The molecule has 0 aliphatic rings. The Hall–Kier alpha value is 0.140. The van der Waals surface area contributed by atoms with Crippen LogP contribution in [0.25, 0.3) is 0 Å². The van der Waals surface area contributed by atoms with Crippen LogP contribution in [-0.2, 0) is 0 Å². The van der Waals surface area contributed by atoms with Crippen molar-refractivity contribution in [2.45, 2.75) is 19.4 Å². The number of benzene rings is 1. The highest BCUT2D eigenvalue weighted by Crippen LogP contribution is 2.25. The van der Waals surface area contributed by atoms with Crippen molar-refractivity contribution in [1.82, 2.24) is 5.32 Å². The van der Waals surface area contributed by atoms with Crippen LogP contribution in [0, 0.1) is 0 Å². The van der Waals surface area contributed by atoms with E-state index in [0.717, 1.165) is 15.4 Å². The van der Waals surface area contributed by atoms with Crippen molar-refractivity contribution in [1.29, 1.82) is 0 Å². The van der Waals surface area contributed by atoms with Crippen molar-refractivity contribution < 1.29 is 0 Å². The molecular formula is C10H13Br2N. The van der Waals surface area contributed by atoms with Gasteiger partial charge in [0.25, 0.3) is 0 Å². The van der Waals surface area contributed by atoms with Crippen LogP contribution < -0.4 is 5.32 Å². The maximum atomic E-state index is 3.48. The Balaban J connectivity index is 2.99. The molecule has 0 spiro atoms. The van der Waals surface area contributed by atoms with E-state index in [1.807, 2.05) is 13.1 Å². The zero-order valence-electron chi connectivity index (χ0n) is 7.77. The Morgan fingerprint density at radius 1 is 1.23 bits per heavy atom. The van der Waals surface area contributed by atoms with E-state index in [9.17, 15) is 0 Å². The zero-order chi connectivity index (χ0) is 9.84. The maximum Gasteiger partial charge on any atom is 0.0315 e. The lowest BCUT2D eigenvalue weighted by Gasteiger charge is -2.14. The van der Waals surface area contributed by atoms with Gasteiger partial charge >= 0.3 is 0 Å². The summed E-state index contributed by atoms with van der Waals surface area (Å²) in [5, 5.41) is 3.28. The Labute approximate surface area is 96.2 Å². The lowest BCUT2D eigenvalue weighted by atomic mass is 10.1. The molecule has 0 amide bonds. The number of halogens is 2. The summed E-state index contributed by atoms with van der Waals surface area (Å²) in [6, 6.07) is 6.78. The first kappa shape index (κ1) is 11.2. The van der Waals surface area contributed by atoms with Gasteiger partial charge in [-0.25, -0.2) is 0 Å². The van der Waals surface area contributed by atoms with Gasteiger partial charge in [0.2, 0.25) is 0 Å². The van der Waals surface area contributed by atoms with Crippen LogP contribution in [0.5, 0.6) is 0 Å². The molecule has 1 atom stereocenters. The van der Waals surface area contributed by atoms with Gasteiger partial charge in [-0.15, -0.1) is 0 Å². The zero-order valence-corrected chi connectivity index (χ0v) is 10.9. The SMILES string of the molecule is CCC(NC)c1cc(Br)cc(Br)c1. The van der Waals surface area contributed by atoms with Crippen LogP contribution in [0.2, 0.25) is 0 Å².